The summed E-state index contributed by atoms with van der Waals surface area (Å²) in [4.78, 5) is 12.7. The molecule has 0 N–H and O–H groups in total. The van der Waals surface area contributed by atoms with Crippen LogP contribution in [0.4, 0.5) is 0 Å². The lowest BCUT2D eigenvalue weighted by molar-refractivity contribution is -0.215. The van der Waals surface area contributed by atoms with Gasteiger partial charge in [0.15, 0.2) is 0 Å². The van der Waals surface area contributed by atoms with E-state index < -0.39 is 0 Å². The van der Waals surface area contributed by atoms with Crippen molar-refractivity contribution in [3.05, 3.63) is 0 Å². The Kier molecular flexibility index (Phi) is 5.89. The first kappa shape index (κ1) is 18.2. The van der Waals surface area contributed by atoms with E-state index in [1.165, 1.54) is 32.1 Å². The topological polar surface area (TPSA) is 35.5 Å². The lowest BCUT2D eigenvalue weighted by Gasteiger charge is -2.60. The summed E-state index contributed by atoms with van der Waals surface area (Å²) in [5.74, 6) is 3.14. The third kappa shape index (κ3) is 3.52. The number of hydrogen-bond acceptors (Lipinski definition) is 3. The minimum Gasteiger partial charge on any atom is -0.458 e. The molecular weight excluding hydrogens is 300 g/mol. The second-order valence-corrected chi connectivity index (χ2v) is 8.64. The average molecular weight is 337 g/mol. The Morgan fingerprint density at radius 1 is 1.04 bits per heavy atom. The van der Waals surface area contributed by atoms with Crippen molar-refractivity contribution in [2.75, 3.05) is 13.2 Å². The molecule has 1 atom stereocenters. The number of unbranched alkanes of at least 4 members (excludes halogenated alkanes) is 1. The van der Waals surface area contributed by atoms with Gasteiger partial charge in [-0.25, -0.2) is 0 Å². The highest BCUT2D eigenvalue weighted by Crippen LogP contribution is 2.61. The monoisotopic (exact) mass is 336 g/mol. The van der Waals surface area contributed by atoms with Gasteiger partial charge in [-0.1, -0.05) is 13.8 Å². The highest BCUT2D eigenvalue weighted by Gasteiger charge is 2.59. The molecular formula is C21H36O3. The van der Waals surface area contributed by atoms with Crippen LogP contribution < -0.4 is 0 Å². The number of esters is 1. The number of ether oxygens (including phenoxy) is 2. The van der Waals surface area contributed by atoms with E-state index in [1.807, 2.05) is 13.8 Å². The van der Waals surface area contributed by atoms with Crippen molar-refractivity contribution in [3.8, 4) is 0 Å². The van der Waals surface area contributed by atoms with Crippen LogP contribution in [0.25, 0.3) is 0 Å². The molecule has 4 fully saturated rings. The van der Waals surface area contributed by atoms with Crippen molar-refractivity contribution in [2.24, 2.45) is 29.6 Å². The Balaban J connectivity index is 1.70. The molecule has 138 valence electrons. The summed E-state index contributed by atoms with van der Waals surface area (Å²) in [6.07, 6.45) is 10.8. The van der Waals surface area contributed by atoms with Gasteiger partial charge in [0.05, 0.1) is 5.92 Å². The highest BCUT2D eigenvalue weighted by atomic mass is 16.6. The molecule has 0 aromatic rings. The number of carbonyl (C=O) groups excluding carboxylic acids is 1. The van der Waals surface area contributed by atoms with Gasteiger partial charge in [0.1, 0.15) is 5.60 Å². The van der Waals surface area contributed by atoms with Crippen molar-refractivity contribution in [3.63, 3.8) is 0 Å². The van der Waals surface area contributed by atoms with Crippen LogP contribution in [0.15, 0.2) is 0 Å². The van der Waals surface area contributed by atoms with Gasteiger partial charge in [0, 0.05) is 13.2 Å². The smallest absolute Gasteiger partial charge is 0.309 e. The van der Waals surface area contributed by atoms with Gasteiger partial charge >= 0.3 is 5.97 Å². The average Bonchev–Trinajstić information content (AvgIpc) is 2.57. The molecule has 0 aromatic carbocycles. The zero-order valence-corrected chi connectivity index (χ0v) is 15.9. The molecule has 3 nitrogen and oxygen atoms in total. The van der Waals surface area contributed by atoms with E-state index in [2.05, 4.69) is 6.92 Å². The molecule has 0 radical (unpaired) electrons. The summed E-state index contributed by atoms with van der Waals surface area (Å²) >= 11 is 0. The summed E-state index contributed by atoms with van der Waals surface area (Å²) in [7, 11) is 0. The van der Waals surface area contributed by atoms with Gasteiger partial charge in [0.25, 0.3) is 0 Å². The highest BCUT2D eigenvalue weighted by molar-refractivity contribution is 5.72. The maximum atomic E-state index is 12.7. The fourth-order valence-electron chi connectivity index (χ4n) is 5.81. The van der Waals surface area contributed by atoms with Crippen LogP contribution in [-0.2, 0) is 14.3 Å². The summed E-state index contributed by atoms with van der Waals surface area (Å²) in [5, 5.41) is 0. The predicted molar refractivity (Wildman–Crippen MR) is 95.7 cm³/mol. The minimum absolute atomic E-state index is 0.0301. The number of carbonyl (C=O) groups is 1. The second kappa shape index (κ2) is 7.76. The van der Waals surface area contributed by atoms with Crippen LogP contribution >= 0.6 is 0 Å². The molecule has 0 saturated heterocycles. The van der Waals surface area contributed by atoms with Gasteiger partial charge in [-0.3, -0.25) is 4.79 Å². The molecule has 4 aliphatic carbocycles. The maximum absolute atomic E-state index is 12.7. The zero-order chi connectivity index (χ0) is 17.2. The fourth-order valence-corrected chi connectivity index (χ4v) is 5.81. The predicted octanol–water partition coefficient (Wildman–Crippen LogP) is 4.98. The van der Waals surface area contributed by atoms with E-state index in [9.17, 15) is 4.79 Å². The van der Waals surface area contributed by atoms with Crippen molar-refractivity contribution in [1.82, 2.24) is 0 Å². The quantitative estimate of drug-likeness (QED) is 0.440. The summed E-state index contributed by atoms with van der Waals surface area (Å²) < 4.78 is 11.9. The van der Waals surface area contributed by atoms with Gasteiger partial charge in [-0.2, -0.15) is 0 Å². The lowest BCUT2D eigenvalue weighted by Crippen LogP contribution is -2.60. The molecule has 0 aromatic heterocycles. The first-order valence-corrected chi connectivity index (χ1v) is 10.4. The summed E-state index contributed by atoms with van der Waals surface area (Å²) in [6, 6.07) is 0. The SMILES string of the molecule is CCOCCCCC1(OC(=O)C(C)CC)C2CC3CC(C2)CC1C3. The molecule has 4 rings (SSSR count). The third-order valence-electron chi connectivity index (χ3n) is 7.14. The molecule has 4 aliphatic rings. The van der Waals surface area contributed by atoms with E-state index in [0.29, 0.717) is 11.8 Å². The van der Waals surface area contributed by atoms with Gasteiger partial charge < -0.3 is 9.47 Å². The Morgan fingerprint density at radius 2 is 1.67 bits per heavy atom. The summed E-state index contributed by atoms with van der Waals surface area (Å²) in [6.45, 7) is 7.78. The van der Waals surface area contributed by atoms with Crippen LogP contribution in [0.2, 0.25) is 0 Å². The molecule has 0 heterocycles. The van der Waals surface area contributed by atoms with E-state index in [4.69, 9.17) is 9.47 Å². The largest absolute Gasteiger partial charge is 0.458 e. The van der Waals surface area contributed by atoms with Crippen molar-refractivity contribution >= 4 is 5.97 Å². The van der Waals surface area contributed by atoms with Crippen molar-refractivity contribution in [1.29, 1.82) is 0 Å². The minimum atomic E-state index is -0.153. The Bertz CT molecular complexity index is 403. The third-order valence-corrected chi connectivity index (χ3v) is 7.14. The first-order chi connectivity index (χ1) is 11.6. The van der Waals surface area contributed by atoms with Crippen LogP contribution in [0.3, 0.4) is 0 Å². The lowest BCUT2D eigenvalue weighted by atomic mass is 9.49. The van der Waals surface area contributed by atoms with E-state index >= 15 is 0 Å². The molecule has 4 bridgehead atoms. The molecule has 3 heteroatoms. The van der Waals surface area contributed by atoms with Crippen LogP contribution in [0, 0.1) is 29.6 Å². The maximum Gasteiger partial charge on any atom is 0.309 e. The number of hydrogen-bond donors (Lipinski definition) is 0. The summed E-state index contributed by atoms with van der Waals surface area (Å²) in [5.41, 5.74) is -0.153. The van der Waals surface area contributed by atoms with Crippen LogP contribution in [0.5, 0.6) is 0 Å². The Morgan fingerprint density at radius 3 is 2.21 bits per heavy atom. The molecule has 0 amide bonds. The standard InChI is InChI=1S/C21H36O3/c1-4-15(3)20(22)24-21(8-6-7-9-23-5-2)18-11-16-10-17(13-18)14-19(21)12-16/h15-19H,4-14H2,1-3H3. The van der Waals surface area contributed by atoms with E-state index in [-0.39, 0.29) is 17.5 Å². The molecule has 24 heavy (non-hydrogen) atoms. The van der Waals surface area contributed by atoms with E-state index in [1.54, 1.807) is 0 Å². The van der Waals surface area contributed by atoms with Crippen molar-refractivity contribution in [2.45, 2.75) is 84.2 Å². The zero-order valence-electron chi connectivity index (χ0n) is 15.9. The van der Waals surface area contributed by atoms with Crippen molar-refractivity contribution < 1.29 is 14.3 Å². The number of rotatable bonds is 9. The molecule has 0 aliphatic heterocycles. The van der Waals surface area contributed by atoms with Gasteiger partial charge in [-0.05, 0) is 88.4 Å². The molecule has 0 spiro atoms. The van der Waals surface area contributed by atoms with Crippen LogP contribution in [0.1, 0.15) is 78.6 Å². The fraction of sp³-hybridized carbons (Fsp3) is 0.952. The van der Waals surface area contributed by atoms with Gasteiger partial charge in [-0.15, -0.1) is 0 Å². The molecule has 1 unspecified atom stereocenters. The second-order valence-electron chi connectivity index (χ2n) is 8.64. The Labute approximate surface area is 147 Å². The Hall–Kier alpha value is -0.570. The van der Waals surface area contributed by atoms with Crippen LogP contribution in [-0.4, -0.2) is 24.8 Å². The van der Waals surface area contributed by atoms with E-state index in [0.717, 1.165) is 50.7 Å². The normalized spacial score (nSPS) is 38.3. The molecule has 4 saturated carbocycles. The van der Waals surface area contributed by atoms with Gasteiger partial charge in [0.2, 0.25) is 0 Å². The first-order valence-electron chi connectivity index (χ1n) is 10.4.